The molecule has 0 saturated carbocycles. The first-order valence-corrected chi connectivity index (χ1v) is 8.25. The Labute approximate surface area is 141 Å². The summed E-state index contributed by atoms with van der Waals surface area (Å²) in [6.45, 7) is 2.68. The summed E-state index contributed by atoms with van der Waals surface area (Å²) in [5.74, 6) is 1.52. The van der Waals surface area contributed by atoms with E-state index in [1.165, 1.54) is 0 Å². The number of rotatable bonds is 4. The molecule has 3 heterocycles. The van der Waals surface area contributed by atoms with Crippen LogP contribution < -0.4 is 10.1 Å². The van der Waals surface area contributed by atoms with Crippen LogP contribution in [0.3, 0.4) is 0 Å². The zero-order valence-electron chi connectivity index (χ0n) is 14.0. The molecule has 0 unspecified atom stereocenters. The number of urea groups is 1. The number of ether oxygens (including phenoxy) is 1. The Morgan fingerprint density at radius 3 is 3.08 bits per heavy atom. The van der Waals surface area contributed by atoms with Crippen molar-refractivity contribution in [3.8, 4) is 5.75 Å². The first-order valence-electron chi connectivity index (χ1n) is 8.25. The molecular weight excluding hydrogens is 306 g/mol. The van der Waals surface area contributed by atoms with Gasteiger partial charge >= 0.3 is 6.03 Å². The van der Waals surface area contributed by atoms with Crippen molar-refractivity contribution in [3.63, 3.8) is 0 Å². The Kier molecular flexibility index (Phi) is 4.98. The van der Waals surface area contributed by atoms with Crippen LogP contribution in [0.15, 0.2) is 30.9 Å². The molecular formula is C17H23N5O2. The van der Waals surface area contributed by atoms with Crippen LogP contribution in [0.2, 0.25) is 0 Å². The Morgan fingerprint density at radius 1 is 1.46 bits per heavy atom. The van der Waals surface area contributed by atoms with Gasteiger partial charge in [0.15, 0.2) is 0 Å². The van der Waals surface area contributed by atoms with E-state index < -0.39 is 0 Å². The third-order valence-electron chi connectivity index (χ3n) is 4.44. The van der Waals surface area contributed by atoms with Gasteiger partial charge in [-0.05, 0) is 32.3 Å². The molecule has 2 N–H and O–H groups in total. The molecule has 0 aromatic carbocycles. The molecule has 2 amide bonds. The normalized spacial score (nSPS) is 18.9. The van der Waals surface area contributed by atoms with Gasteiger partial charge in [0.25, 0.3) is 0 Å². The highest BCUT2D eigenvalue weighted by Crippen LogP contribution is 2.30. The number of H-pyrrole nitrogens is 1. The fourth-order valence-corrected chi connectivity index (χ4v) is 3.18. The first kappa shape index (κ1) is 16.3. The number of amides is 2. The Balaban J connectivity index is 1.73. The average Bonchev–Trinajstić information content (AvgIpc) is 3.16. The van der Waals surface area contributed by atoms with Gasteiger partial charge in [0.1, 0.15) is 11.6 Å². The number of aromatic nitrogens is 3. The molecule has 0 aliphatic carbocycles. The van der Waals surface area contributed by atoms with Crippen molar-refractivity contribution in [3.05, 3.63) is 42.2 Å². The maximum Gasteiger partial charge on any atom is 0.318 e. The van der Waals surface area contributed by atoms with Gasteiger partial charge in [-0.25, -0.2) is 9.78 Å². The minimum absolute atomic E-state index is 0.000264. The molecule has 2 aromatic rings. The third kappa shape index (κ3) is 3.34. The summed E-state index contributed by atoms with van der Waals surface area (Å²) in [7, 11) is 1.60. The van der Waals surface area contributed by atoms with Crippen molar-refractivity contribution >= 4 is 6.03 Å². The molecule has 3 rings (SSSR count). The molecule has 1 aliphatic heterocycles. The highest BCUT2D eigenvalue weighted by atomic mass is 16.5. The smallest absolute Gasteiger partial charge is 0.318 e. The third-order valence-corrected chi connectivity index (χ3v) is 4.44. The van der Waals surface area contributed by atoms with E-state index in [9.17, 15) is 4.79 Å². The Bertz CT molecular complexity index is 673. The van der Waals surface area contributed by atoms with Crippen molar-refractivity contribution in [2.75, 3.05) is 13.7 Å². The zero-order chi connectivity index (χ0) is 16.9. The number of carbonyl (C=O) groups is 1. The molecule has 1 aliphatic rings. The standard InChI is InChI=1S/C17H23N5O2/c1-12(13-6-7-18-11-15(13)24-2)21-17(23)22-10-4-3-5-14(22)16-19-8-9-20-16/h6-9,11-12,14H,3-5,10H2,1-2H3,(H,19,20)(H,21,23)/t12-,14-/m0/s1. The van der Waals surface area contributed by atoms with E-state index in [1.807, 2.05) is 17.9 Å². The van der Waals surface area contributed by atoms with Crippen molar-refractivity contribution < 1.29 is 9.53 Å². The predicted octanol–water partition coefficient (Wildman–Crippen LogP) is 2.81. The molecule has 1 saturated heterocycles. The minimum Gasteiger partial charge on any atom is -0.495 e. The largest absolute Gasteiger partial charge is 0.495 e. The summed E-state index contributed by atoms with van der Waals surface area (Å²) >= 11 is 0. The van der Waals surface area contributed by atoms with Crippen molar-refractivity contribution in [1.82, 2.24) is 25.2 Å². The van der Waals surface area contributed by atoms with Gasteiger partial charge in [-0.3, -0.25) is 4.98 Å². The number of nitrogens with zero attached hydrogens (tertiary/aromatic N) is 3. The van der Waals surface area contributed by atoms with Gasteiger partial charge < -0.3 is 19.9 Å². The molecule has 2 aromatic heterocycles. The lowest BCUT2D eigenvalue weighted by molar-refractivity contribution is 0.145. The van der Waals surface area contributed by atoms with E-state index in [4.69, 9.17) is 4.74 Å². The van der Waals surface area contributed by atoms with E-state index in [0.717, 1.165) is 37.2 Å². The van der Waals surface area contributed by atoms with Gasteiger partial charge in [0.05, 0.1) is 25.4 Å². The monoisotopic (exact) mass is 329 g/mol. The SMILES string of the molecule is COc1cnccc1[C@H](C)NC(=O)N1CCCC[C@H]1c1ncc[nH]1. The van der Waals surface area contributed by atoms with E-state index in [0.29, 0.717) is 5.75 Å². The number of piperidine rings is 1. The fourth-order valence-electron chi connectivity index (χ4n) is 3.18. The molecule has 0 bridgehead atoms. The minimum atomic E-state index is -0.172. The number of hydrogen-bond acceptors (Lipinski definition) is 4. The molecule has 2 atom stereocenters. The second-order valence-corrected chi connectivity index (χ2v) is 5.97. The van der Waals surface area contributed by atoms with Crippen molar-refractivity contribution in [2.24, 2.45) is 0 Å². The van der Waals surface area contributed by atoms with Gasteiger partial charge in [0.2, 0.25) is 0 Å². The number of likely N-dealkylation sites (tertiary alicyclic amines) is 1. The van der Waals surface area contributed by atoms with Gasteiger partial charge in [0, 0.05) is 30.7 Å². The zero-order valence-corrected chi connectivity index (χ0v) is 14.0. The molecule has 0 spiro atoms. The lowest BCUT2D eigenvalue weighted by Crippen LogP contribution is -2.45. The summed E-state index contributed by atoms with van der Waals surface area (Å²) in [4.78, 5) is 26.2. The quantitative estimate of drug-likeness (QED) is 0.903. The molecule has 0 radical (unpaired) electrons. The van der Waals surface area contributed by atoms with E-state index >= 15 is 0 Å². The Hall–Kier alpha value is -2.57. The second-order valence-electron chi connectivity index (χ2n) is 5.97. The number of hydrogen-bond donors (Lipinski definition) is 2. The van der Waals surface area contributed by atoms with Gasteiger partial charge in [-0.2, -0.15) is 0 Å². The number of nitrogens with one attached hydrogen (secondary N) is 2. The molecule has 1 fully saturated rings. The number of pyridine rings is 1. The fraction of sp³-hybridized carbons (Fsp3) is 0.471. The highest BCUT2D eigenvalue weighted by molar-refractivity contribution is 5.75. The first-order chi connectivity index (χ1) is 11.7. The van der Waals surface area contributed by atoms with Crippen LogP contribution in [0.4, 0.5) is 4.79 Å². The van der Waals surface area contributed by atoms with E-state index in [2.05, 4.69) is 20.3 Å². The van der Waals surface area contributed by atoms with Gasteiger partial charge in [-0.15, -0.1) is 0 Å². The van der Waals surface area contributed by atoms with Crippen LogP contribution in [0.25, 0.3) is 0 Å². The molecule has 24 heavy (non-hydrogen) atoms. The van der Waals surface area contributed by atoms with E-state index in [-0.39, 0.29) is 18.1 Å². The molecule has 7 nitrogen and oxygen atoms in total. The summed E-state index contributed by atoms with van der Waals surface area (Å²) in [5.41, 5.74) is 0.910. The van der Waals surface area contributed by atoms with Crippen LogP contribution >= 0.6 is 0 Å². The van der Waals surface area contributed by atoms with E-state index in [1.54, 1.807) is 31.9 Å². The van der Waals surface area contributed by atoms with Crippen LogP contribution in [0, 0.1) is 0 Å². The van der Waals surface area contributed by atoms with Gasteiger partial charge in [-0.1, -0.05) is 0 Å². The maximum atomic E-state index is 12.8. The summed E-state index contributed by atoms with van der Waals surface area (Å²) < 4.78 is 5.33. The molecule has 7 heteroatoms. The van der Waals surface area contributed by atoms with Crippen LogP contribution in [0.1, 0.15) is 49.7 Å². The summed E-state index contributed by atoms with van der Waals surface area (Å²) in [6, 6.07) is 1.61. The molecule has 128 valence electrons. The predicted molar refractivity (Wildman–Crippen MR) is 89.6 cm³/mol. The summed E-state index contributed by atoms with van der Waals surface area (Å²) in [6.07, 6.45) is 9.92. The number of imidazole rings is 1. The average molecular weight is 329 g/mol. The number of carbonyl (C=O) groups excluding carboxylic acids is 1. The number of aromatic amines is 1. The topological polar surface area (TPSA) is 83.1 Å². The summed E-state index contributed by atoms with van der Waals surface area (Å²) in [5, 5.41) is 3.07. The highest BCUT2D eigenvalue weighted by Gasteiger charge is 2.30. The van der Waals surface area contributed by atoms with Crippen molar-refractivity contribution in [1.29, 1.82) is 0 Å². The lowest BCUT2D eigenvalue weighted by atomic mass is 10.0. The number of methoxy groups -OCH3 is 1. The Morgan fingerprint density at radius 2 is 2.33 bits per heavy atom. The van der Waals surface area contributed by atoms with Crippen molar-refractivity contribution in [2.45, 2.75) is 38.3 Å². The van der Waals surface area contributed by atoms with Crippen LogP contribution in [0.5, 0.6) is 5.75 Å². The van der Waals surface area contributed by atoms with Crippen LogP contribution in [-0.2, 0) is 0 Å². The lowest BCUT2D eigenvalue weighted by Gasteiger charge is -2.35. The maximum absolute atomic E-state index is 12.8. The second kappa shape index (κ2) is 7.33. The van der Waals surface area contributed by atoms with Crippen LogP contribution in [-0.4, -0.2) is 39.5 Å².